The predicted octanol–water partition coefficient (Wildman–Crippen LogP) is 1.14. The van der Waals surface area contributed by atoms with Crippen LogP contribution in [0.4, 0.5) is 0 Å². The summed E-state index contributed by atoms with van der Waals surface area (Å²) in [4.78, 5) is 16.7. The number of nitrogens with one attached hydrogen (secondary N) is 1. The van der Waals surface area contributed by atoms with Crippen molar-refractivity contribution < 1.29 is 13.2 Å². The van der Waals surface area contributed by atoms with E-state index in [1.807, 2.05) is 28.9 Å². The number of pyridine rings is 1. The van der Waals surface area contributed by atoms with Crippen LogP contribution >= 0.6 is 15.9 Å². The molecule has 124 valence electrons. The Morgan fingerprint density at radius 2 is 2.22 bits per heavy atom. The van der Waals surface area contributed by atoms with Gasteiger partial charge >= 0.3 is 0 Å². The lowest BCUT2D eigenvalue weighted by Gasteiger charge is -2.21. The molecule has 0 aliphatic carbocycles. The number of halogens is 1. The number of hydrogen-bond donors (Lipinski definition) is 1. The van der Waals surface area contributed by atoms with Crippen molar-refractivity contribution >= 4 is 37.5 Å². The highest BCUT2D eigenvalue weighted by Crippen LogP contribution is 2.20. The van der Waals surface area contributed by atoms with E-state index in [2.05, 4.69) is 26.2 Å². The first-order chi connectivity index (χ1) is 10.8. The summed E-state index contributed by atoms with van der Waals surface area (Å²) >= 11 is 3.39. The SMILES string of the molecule is CS(=O)(=O)N1CCCC1C(=O)NCc1cn2cc(Br)ccc2n1. The number of aromatic nitrogens is 2. The standard InChI is InChI=1S/C14H17BrN4O3S/c1-23(21,22)19-6-2-3-12(19)14(20)16-7-11-9-18-8-10(15)4-5-13(18)17-11/h4-5,8-9,12H,2-3,6-7H2,1H3,(H,16,20). The first-order valence-corrected chi connectivity index (χ1v) is 9.86. The normalized spacial score (nSPS) is 19.3. The topological polar surface area (TPSA) is 83.8 Å². The number of sulfonamides is 1. The van der Waals surface area contributed by atoms with Gasteiger partial charge in [0.2, 0.25) is 15.9 Å². The lowest BCUT2D eigenvalue weighted by molar-refractivity contribution is -0.124. The first-order valence-electron chi connectivity index (χ1n) is 7.22. The number of carbonyl (C=O) groups excluding carboxylic acids is 1. The van der Waals surface area contributed by atoms with E-state index in [-0.39, 0.29) is 12.5 Å². The van der Waals surface area contributed by atoms with Gasteiger partial charge in [0.1, 0.15) is 11.7 Å². The van der Waals surface area contributed by atoms with Crippen molar-refractivity contribution in [3.05, 3.63) is 34.7 Å². The van der Waals surface area contributed by atoms with Crippen LogP contribution in [-0.4, -0.2) is 46.9 Å². The summed E-state index contributed by atoms with van der Waals surface area (Å²) in [5, 5.41) is 2.79. The zero-order chi connectivity index (χ0) is 16.6. The van der Waals surface area contributed by atoms with Gasteiger partial charge in [-0.15, -0.1) is 0 Å². The molecule has 1 amide bonds. The molecule has 3 heterocycles. The molecule has 1 aliphatic heterocycles. The number of fused-ring (bicyclic) bond motifs is 1. The number of carbonyl (C=O) groups is 1. The summed E-state index contributed by atoms with van der Waals surface area (Å²) in [5.41, 5.74) is 1.51. The Hall–Kier alpha value is -1.45. The third-order valence-electron chi connectivity index (χ3n) is 3.84. The summed E-state index contributed by atoms with van der Waals surface area (Å²) in [6.45, 7) is 0.672. The van der Waals surface area contributed by atoms with E-state index >= 15 is 0 Å². The van der Waals surface area contributed by atoms with Crippen LogP contribution in [0.25, 0.3) is 5.65 Å². The van der Waals surface area contributed by atoms with Gasteiger partial charge in [0.15, 0.2) is 0 Å². The highest BCUT2D eigenvalue weighted by molar-refractivity contribution is 9.10. The highest BCUT2D eigenvalue weighted by Gasteiger charge is 2.36. The quantitative estimate of drug-likeness (QED) is 0.833. The third kappa shape index (κ3) is 3.56. The molecule has 3 rings (SSSR count). The molecule has 7 nitrogen and oxygen atoms in total. The number of hydrogen-bond acceptors (Lipinski definition) is 4. The van der Waals surface area contributed by atoms with Gasteiger partial charge in [0.05, 0.1) is 18.5 Å². The molecule has 0 saturated carbocycles. The van der Waals surface area contributed by atoms with Gasteiger partial charge in [0, 0.05) is 23.4 Å². The molecule has 1 atom stereocenters. The molecule has 23 heavy (non-hydrogen) atoms. The Labute approximate surface area is 142 Å². The summed E-state index contributed by atoms with van der Waals surface area (Å²) in [5.74, 6) is -0.272. The van der Waals surface area contributed by atoms with Crippen molar-refractivity contribution in [2.45, 2.75) is 25.4 Å². The molecule has 1 aliphatic rings. The minimum Gasteiger partial charge on any atom is -0.349 e. The van der Waals surface area contributed by atoms with Crippen molar-refractivity contribution in [1.82, 2.24) is 19.0 Å². The summed E-state index contributed by atoms with van der Waals surface area (Å²) in [6.07, 6.45) is 6.11. The molecular weight excluding hydrogens is 384 g/mol. The summed E-state index contributed by atoms with van der Waals surface area (Å²) in [6, 6.07) is 3.15. The fraction of sp³-hybridized carbons (Fsp3) is 0.429. The molecule has 0 radical (unpaired) electrons. The Morgan fingerprint density at radius 1 is 1.43 bits per heavy atom. The second kappa shape index (κ2) is 6.21. The van der Waals surface area contributed by atoms with Crippen molar-refractivity contribution in [3.8, 4) is 0 Å². The molecule has 0 spiro atoms. The fourth-order valence-electron chi connectivity index (χ4n) is 2.80. The summed E-state index contributed by atoms with van der Waals surface area (Å²) < 4.78 is 27.5. The van der Waals surface area contributed by atoms with Crippen LogP contribution in [0, 0.1) is 0 Å². The Kier molecular flexibility index (Phi) is 4.43. The monoisotopic (exact) mass is 400 g/mol. The number of rotatable bonds is 4. The molecule has 1 fully saturated rings. The average molecular weight is 401 g/mol. The average Bonchev–Trinajstić information content (AvgIpc) is 3.10. The molecule has 1 saturated heterocycles. The first kappa shape index (κ1) is 16.4. The maximum absolute atomic E-state index is 12.3. The molecule has 0 aromatic carbocycles. The molecule has 9 heteroatoms. The van der Waals surface area contributed by atoms with Crippen LogP contribution in [0.1, 0.15) is 18.5 Å². The van der Waals surface area contributed by atoms with E-state index in [0.29, 0.717) is 19.4 Å². The largest absolute Gasteiger partial charge is 0.349 e. The van der Waals surface area contributed by atoms with E-state index in [1.165, 1.54) is 4.31 Å². The Morgan fingerprint density at radius 3 is 2.96 bits per heavy atom. The molecular formula is C14H17BrN4O3S. The maximum Gasteiger partial charge on any atom is 0.238 e. The van der Waals surface area contributed by atoms with Gasteiger partial charge in [-0.3, -0.25) is 4.79 Å². The van der Waals surface area contributed by atoms with Crippen molar-refractivity contribution in [3.63, 3.8) is 0 Å². The van der Waals surface area contributed by atoms with Crippen LogP contribution in [0.5, 0.6) is 0 Å². The van der Waals surface area contributed by atoms with Gasteiger partial charge in [-0.25, -0.2) is 13.4 Å². The second-order valence-corrected chi connectivity index (χ2v) is 8.45. The van der Waals surface area contributed by atoms with E-state index < -0.39 is 16.1 Å². The van der Waals surface area contributed by atoms with Crippen LogP contribution in [0.15, 0.2) is 29.0 Å². The van der Waals surface area contributed by atoms with Crippen molar-refractivity contribution in [2.24, 2.45) is 0 Å². The Bertz CT molecular complexity index is 849. The zero-order valence-corrected chi connectivity index (χ0v) is 15.0. The molecule has 2 aromatic rings. The number of imidazole rings is 1. The highest BCUT2D eigenvalue weighted by atomic mass is 79.9. The number of amides is 1. The lowest BCUT2D eigenvalue weighted by Crippen LogP contribution is -2.45. The van der Waals surface area contributed by atoms with Crippen LogP contribution in [0.3, 0.4) is 0 Å². The number of nitrogens with zero attached hydrogens (tertiary/aromatic N) is 3. The minimum atomic E-state index is -3.36. The Balaban J connectivity index is 1.68. The van der Waals surface area contributed by atoms with E-state index in [1.54, 1.807) is 0 Å². The molecule has 0 bridgehead atoms. The van der Waals surface area contributed by atoms with Crippen LogP contribution < -0.4 is 5.32 Å². The van der Waals surface area contributed by atoms with Gasteiger partial charge in [-0.05, 0) is 40.9 Å². The van der Waals surface area contributed by atoms with Gasteiger partial charge < -0.3 is 9.72 Å². The van der Waals surface area contributed by atoms with Gasteiger partial charge in [-0.1, -0.05) is 0 Å². The predicted molar refractivity (Wildman–Crippen MR) is 89.3 cm³/mol. The smallest absolute Gasteiger partial charge is 0.238 e. The third-order valence-corrected chi connectivity index (χ3v) is 5.60. The van der Waals surface area contributed by atoms with Crippen molar-refractivity contribution in [2.75, 3.05) is 12.8 Å². The van der Waals surface area contributed by atoms with Crippen LogP contribution in [-0.2, 0) is 21.4 Å². The maximum atomic E-state index is 12.3. The molecule has 1 unspecified atom stereocenters. The van der Waals surface area contributed by atoms with Crippen molar-refractivity contribution in [1.29, 1.82) is 0 Å². The van der Waals surface area contributed by atoms with E-state index in [4.69, 9.17) is 0 Å². The molecule has 1 N–H and O–H groups in total. The van der Waals surface area contributed by atoms with Gasteiger partial charge in [-0.2, -0.15) is 4.31 Å². The van der Waals surface area contributed by atoms with Crippen LogP contribution in [0.2, 0.25) is 0 Å². The lowest BCUT2D eigenvalue weighted by atomic mass is 10.2. The second-order valence-electron chi connectivity index (χ2n) is 5.59. The fourth-order valence-corrected chi connectivity index (χ4v) is 4.27. The van der Waals surface area contributed by atoms with Gasteiger partial charge in [0.25, 0.3) is 0 Å². The van der Waals surface area contributed by atoms with E-state index in [9.17, 15) is 13.2 Å². The minimum absolute atomic E-state index is 0.270. The molecule has 2 aromatic heterocycles. The van der Waals surface area contributed by atoms with E-state index in [0.717, 1.165) is 22.1 Å². The summed E-state index contributed by atoms with van der Waals surface area (Å²) in [7, 11) is -3.36. The zero-order valence-electron chi connectivity index (χ0n) is 12.6.